The van der Waals surface area contributed by atoms with E-state index in [1.54, 1.807) is 0 Å². The van der Waals surface area contributed by atoms with Crippen LogP contribution in [0.25, 0.3) is 0 Å². The monoisotopic (exact) mass is 519 g/mol. The number of nitrogens with one attached hydrogen (secondary N) is 1. The van der Waals surface area contributed by atoms with E-state index < -0.39 is 12.0 Å². The highest BCUT2D eigenvalue weighted by atomic mass is 32.2. The lowest BCUT2D eigenvalue weighted by Crippen LogP contribution is -2.38. The molecule has 192 valence electrons. The van der Waals surface area contributed by atoms with Crippen molar-refractivity contribution in [2.75, 3.05) is 6.79 Å². The Morgan fingerprint density at radius 3 is 2.73 bits per heavy atom. The van der Waals surface area contributed by atoms with Gasteiger partial charge in [0.05, 0.1) is 29.8 Å². The summed E-state index contributed by atoms with van der Waals surface area (Å²) in [5.41, 5.74) is 4.82. The molecule has 1 atom stereocenters. The Morgan fingerprint density at radius 2 is 1.95 bits per heavy atom. The normalized spacial score (nSPS) is 18.0. The predicted octanol–water partition coefficient (Wildman–Crippen LogP) is 4.96. The smallest absolute Gasteiger partial charge is 0.338 e. The number of allylic oxidation sites excluding steroid dienone is 1. The standard InChI is InChI=1S/C28H29N3O5S/c1-16(2)36-27(33)25-18(4)30-28-31(26(25)21-8-6-5-7-17(21)3)20(14-37-28)12-24(32)29-13-19-9-10-22-23(11-19)35-15-34-22/h5-11,14,16,26H,12-13,15H2,1-4H3,(H,29,32)/t26-/m1/s1. The van der Waals surface area contributed by atoms with E-state index in [0.29, 0.717) is 29.3 Å². The summed E-state index contributed by atoms with van der Waals surface area (Å²) in [5.74, 6) is 0.858. The number of esters is 1. The van der Waals surface area contributed by atoms with Gasteiger partial charge in [0.2, 0.25) is 12.7 Å². The molecular formula is C28H29N3O5S. The third-order valence-electron chi connectivity index (χ3n) is 6.31. The quantitative estimate of drug-likeness (QED) is 0.518. The van der Waals surface area contributed by atoms with Crippen LogP contribution in [0, 0.1) is 6.92 Å². The van der Waals surface area contributed by atoms with Crippen molar-refractivity contribution in [3.8, 4) is 11.5 Å². The number of fused-ring (bicyclic) bond motifs is 2. The summed E-state index contributed by atoms with van der Waals surface area (Å²) in [4.78, 5) is 33.0. The molecule has 1 N–H and O–H groups in total. The molecule has 5 rings (SSSR count). The van der Waals surface area contributed by atoms with E-state index in [9.17, 15) is 9.59 Å². The number of hydrogen-bond acceptors (Lipinski definition) is 8. The van der Waals surface area contributed by atoms with E-state index in [-0.39, 0.29) is 25.2 Å². The molecule has 0 fully saturated rings. The van der Waals surface area contributed by atoms with Gasteiger partial charge in [-0.15, -0.1) is 0 Å². The number of ether oxygens (including phenoxy) is 3. The molecule has 0 saturated carbocycles. The topological polar surface area (TPSA) is 89.5 Å². The summed E-state index contributed by atoms with van der Waals surface area (Å²) in [6.07, 6.45) is -0.120. The molecule has 37 heavy (non-hydrogen) atoms. The summed E-state index contributed by atoms with van der Waals surface area (Å²) >= 11 is 1.46. The van der Waals surface area contributed by atoms with E-state index in [1.165, 1.54) is 11.8 Å². The molecule has 9 heteroatoms. The third kappa shape index (κ3) is 5.09. The van der Waals surface area contributed by atoms with Crippen LogP contribution in [0.3, 0.4) is 0 Å². The number of aliphatic imine (C=N–C) groups is 1. The fourth-order valence-electron chi connectivity index (χ4n) is 4.57. The van der Waals surface area contributed by atoms with E-state index in [2.05, 4.69) is 5.32 Å². The second-order valence-electron chi connectivity index (χ2n) is 9.34. The van der Waals surface area contributed by atoms with Crippen molar-refractivity contribution in [2.24, 2.45) is 4.99 Å². The minimum atomic E-state index is -0.442. The van der Waals surface area contributed by atoms with Crippen LogP contribution in [0.1, 0.15) is 49.9 Å². The SMILES string of the molecule is CC1=C(C(=O)OC(C)C)[C@@H](c2ccccc2C)N2C(CC(=O)NCc3ccc4c(c3)OCO4)=CSC2=N1. The fourth-order valence-corrected chi connectivity index (χ4v) is 5.54. The molecule has 0 saturated heterocycles. The number of thioether (sulfide) groups is 1. The lowest BCUT2D eigenvalue weighted by molar-refractivity contribution is -0.143. The minimum Gasteiger partial charge on any atom is -0.459 e. The van der Waals surface area contributed by atoms with Crippen LogP contribution in [0.5, 0.6) is 11.5 Å². The van der Waals surface area contributed by atoms with E-state index in [4.69, 9.17) is 19.2 Å². The molecule has 3 heterocycles. The number of aryl methyl sites for hydroxylation is 1. The van der Waals surface area contributed by atoms with Crippen molar-refractivity contribution in [3.63, 3.8) is 0 Å². The molecule has 0 aromatic heterocycles. The maximum absolute atomic E-state index is 13.3. The fraction of sp³-hybridized carbons (Fsp3) is 0.321. The van der Waals surface area contributed by atoms with Gasteiger partial charge in [-0.2, -0.15) is 0 Å². The highest BCUT2D eigenvalue weighted by Gasteiger charge is 2.41. The largest absolute Gasteiger partial charge is 0.459 e. The van der Waals surface area contributed by atoms with Crippen LogP contribution in [0.2, 0.25) is 0 Å². The molecule has 2 aromatic carbocycles. The van der Waals surface area contributed by atoms with Gasteiger partial charge >= 0.3 is 5.97 Å². The van der Waals surface area contributed by atoms with Crippen molar-refractivity contribution in [1.82, 2.24) is 10.2 Å². The molecule has 0 bridgehead atoms. The van der Waals surface area contributed by atoms with Gasteiger partial charge in [-0.3, -0.25) is 4.79 Å². The first-order chi connectivity index (χ1) is 17.8. The first kappa shape index (κ1) is 25.0. The first-order valence-electron chi connectivity index (χ1n) is 12.2. The van der Waals surface area contributed by atoms with Crippen LogP contribution in [-0.4, -0.2) is 34.8 Å². The summed E-state index contributed by atoms with van der Waals surface area (Å²) < 4.78 is 16.4. The van der Waals surface area contributed by atoms with E-state index in [0.717, 1.165) is 27.6 Å². The maximum atomic E-state index is 13.3. The molecule has 1 amide bonds. The molecular weight excluding hydrogens is 490 g/mol. The third-order valence-corrected chi connectivity index (χ3v) is 7.20. The minimum absolute atomic E-state index is 0.133. The van der Waals surface area contributed by atoms with Crippen LogP contribution < -0.4 is 14.8 Å². The molecule has 0 unspecified atom stereocenters. The highest BCUT2D eigenvalue weighted by Crippen LogP contribution is 2.45. The molecule has 3 aliphatic rings. The molecule has 0 spiro atoms. The number of benzene rings is 2. The van der Waals surface area contributed by atoms with Crippen LogP contribution in [0.15, 0.2) is 69.8 Å². The van der Waals surface area contributed by atoms with Crippen molar-refractivity contribution < 1.29 is 23.8 Å². The van der Waals surface area contributed by atoms with Crippen LogP contribution in [-0.2, 0) is 20.9 Å². The maximum Gasteiger partial charge on any atom is 0.338 e. The number of amides is 1. The highest BCUT2D eigenvalue weighted by molar-refractivity contribution is 8.16. The number of nitrogens with zero attached hydrogens (tertiary/aromatic N) is 2. The van der Waals surface area contributed by atoms with Gasteiger partial charge in [0.15, 0.2) is 16.7 Å². The van der Waals surface area contributed by atoms with Crippen LogP contribution >= 0.6 is 11.8 Å². The zero-order chi connectivity index (χ0) is 26.1. The van der Waals surface area contributed by atoms with Gasteiger partial charge in [0, 0.05) is 12.2 Å². The van der Waals surface area contributed by atoms with Gasteiger partial charge in [0.1, 0.15) is 0 Å². The van der Waals surface area contributed by atoms with Crippen molar-refractivity contribution >= 4 is 28.8 Å². The second kappa shape index (κ2) is 10.3. The lowest BCUT2D eigenvalue weighted by atomic mass is 9.91. The summed E-state index contributed by atoms with van der Waals surface area (Å²) in [6.45, 7) is 8.09. The predicted molar refractivity (Wildman–Crippen MR) is 142 cm³/mol. The first-order valence-corrected chi connectivity index (χ1v) is 13.1. The molecule has 8 nitrogen and oxygen atoms in total. The Kier molecular flexibility index (Phi) is 6.97. The van der Waals surface area contributed by atoms with Crippen molar-refractivity contribution in [1.29, 1.82) is 0 Å². The van der Waals surface area contributed by atoms with Gasteiger partial charge in [-0.1, -0.05) is 42.1 Å². The van der Waals surface area contributed by atoms with Crippen molar-refractivity contribution in [3.05, 3.63) is 81.5 Å². The average molecular weight is 520 g/mol. The summed E-state index contributed by atoms with van der Waals surface area (Å²) in [5, 5.41) is 5.67. The number of hydrogen-bond donors (Lipinski definition) is 1. The zero-order valence-electron chi connectivity index (χ0n) is 21.2. The van der Waals surface area contributed by atoms with Gasteiger partial charge in [-0.05, 0) is 61.9 Å². The average Bonchev–Trinajstić information content (AvgIpc) is 3.48. The molecule has 3 aliphatic heterocycles. The van der Waals surface area contributed by atoms with E-state index in [1.807, 2.05) is 80.5 Å². The second-order valence-corrected chi connectivity index (χ2v) is 10.2. The number of carbonyl (C=O) groups excluding carboxylic acids is 2. The number of amidine groups is 1. The van der Waals surface area contributed by atoms with Crippen molar-refractivity contribution in [2.45, 2.75) is 52.8 Å². The Morgan fingerprint density at radius 1 is 1.16 bits per heavy atom. The summed E-state index contributed by atoms with van der Waals surface area (Å²) in [6, 6.07) is 13.1. The lowest BCUT2D eigenvalue weighted by Gasteiger charge is -2.37. The number of carbonyl (C=O) groups is 2. The van der Waals surface area contributed by atoms with E-state index >= 15 is 0 Å². The zero-order valence-corrected chi connectivity index (χ0v) is 22.1. The van der Waals surface area contributed by atoms with Gasteiger partial charge in [-0.25, -0.2) is 9.79 Å². The Labute approximate surface area is 220 Å². The van der Waals surface area contributed by atoms with Gasteiger partial charge < -0.3 is 24.4 Å². The molecule has 0 radical (unpaired) electrons. The Bertz CT molecular complexity index is 1350. The van der Waals surface area contributed by atoms with Gasteiger partial charge in [0.25, 0.3) is 0 Å². The number of rotatable bonds is 7. The Balaban J connectivity index is 1.38. The van der Waals surface area contributed by atoms with Crippen LogP contribution in [0.4, 0.5) is 0 Å². The Hall–Kier alpha value is -3.72. The molecule has 2 aromatic rings. The summed E-state index contributed by atoms with van der Waals surface area (Å²) in [7, 11) is 0. The molecule has 0 aliphatic carbocycles.